The van der Waals surface area contributed by atoms with Gasteiger partial charge >= 0.3 is 0 Å². The van der Waals surface area contributed by atoms with Gasteiger partial charge in [-0.15, -0.1) is 0 Å². The van der Waals surface area contributed by atoms with E-state index < -0.39 is 5.56 Å². The second kappa shape index (κ2) is 7.87. The van der Waals surface area contributed by atoms with Gasteiger partial charge in [0, 0.05) is 18.2 Å². The molecule has 1 amide bonds. The lowest BCUT2D eigenvalue weighted by molar-refractivity contribution is -0.112. The Balaban J connectivity index is 2.08. The molecule has 4 N–H and O–H groups in total. The van der Waals surface area contributed by atoms with Crippen molar-refractivity contribution in [2.45, 2.75) is 19.8 Å². The Labute approximate surface area is 138 Å². The van der Waals surface area contributed by atoms with Crippen molar-refractivity contribution in [1.29, 1.82) is 0 Å². The van der Waals surface area contributed by atoms with E-state index >= 15 is 0 Å². The van der Waals surface area contributed by atoms with E-state index in [1.54, 1.807) is 25.1 Å². The Bertz CT molecular complexity index is 840. The molecule has 0 aliphatic rings. The number of nitrogens with two attached hydrogens (primary N) is 1. The van der Waals surface area contributed by atoms with Crippen molar-refractivity contribution in [2.24, 2.45) is 0 Å². The Morgan fingerprint density at radius 2 is 2.21 bits per heavy atom. The average Bonchev–Trinajstić information content (AvgIpc) is 2.52. The lowest BCUT2D eigenvalue weighted by Gasteiger charge is -2.05. The van der Waals surface area contributed by atoms with Gasteiger partial charge in [0.25, 0.3) is 5.56 Å². The molecule has 7 nitrogen and oxygen atoms in total. The highest BCUT2D eigenvalue weighted by Crippen LogP contribution is 2.12. The number of H-pyrrole nitrogens is 1. The van der Waals surface area contributed by atoms with Crippen molar-refractivity contribution < 1.29 is 9.59 Å². The number of aromatic nitrogens is 2. The number of amides is 1. The number of nitrogen functional groups attached to an aromatic ring is 1. The number of benzene rings is 1. The van der Waals surface area contributed by atoms with E-state index in [9.17, 15) is 14.4 Å². The van der Waals surface area contributed by atoms with Crippen LogP contribution in [0.5, 0.6) is 0 Å². The van der Waals surface area contributed by atoms with Gasteiger partial charge < -0.3 is 15.8 Å². The Morgan fingerprint density at radius 3 is 2.92 bits per heavy atom. The van der Waals surface area contributed by atoms with Crippen molar-refractivity contribution in [3.8, 4) is 0 Å². The first-order valence-electron chi connectivity index (χ1n) is 7.37. The normalized spacial score (nSPS) is 10.7. The summed E-state index contributed by atoms with van der Waals surface area (Å²) in [5.41, 5.74) is 7.34. The molecule has 2 rings (SSSR count). The minimum absolute atomic E-state index is 0.0336. The average molecular weight is 326 g/mol. The lowest BCUT2D eigenvalue weighted by atomic mass is 10.1. The molecule has 0 saturated carbocycles. The van der Waals surface area contributed by atoms with Crippen molar-refractivity contribution in [3.63, 3.8) is 0 Å². The first kappa shape index (κ1) is 17.1. The van der Waals surface area contributed by atoms with Crippen LogP contribution in [0.15, 0.2) is 35.1 Å². The van der Waals surface area contributed by atoms with E-state index in [0.717, 1.165) is 11.8 Å². The summed E-state index contributed by atoms with van der Waals surface area (Å²) in [5, 5.41) is 2.71. The third-order valence-corrected chi connectivity index (χ3v) is 3.31. The molecular weight excluding hydrogens is 308 g/mol. The number of carbonyl (C=O) groups excluding carboxylic acids is 2. The number of nitrogens with one attached hydrogen (secondary N) is 2. The molecule has 7 heteroatoms. The smallest absolute Gasteiger partial charge is 0.259 e. The summed E-state index contributed by atoms with van der Waals surface area (Å²) in [6.07, 6.45) is 4.56. The molecule has 24 heavy (non-hydrogen) atoms. The molecule has 1 aromatic heterocycles. The second-order valence-electron chi connectivity index (χ2n) is 5.18. The van der Waals surface area contributed by atoms with Crippen molar-refractivity contribution in [3.05, 3.63) is 57.5 Å². The minimum atomic E-state index is -0.403. The quantitative estimate of drug-likeness (QED) is 0.548. The Kier molecular flexibility index (Phi) is 5.62. The van der Waals surface area contributed by atoms with Crippen LogP contribution < -0.4 is 16.6 Å². The van der Waals surface area contributed by atoms with Crippen LogP contribution in [0, 0.1) is 6.92 Å². The maximum atomic E-state index is 12.0. The molecule has 0 spiro atoms. The molecule has 0 aliphatic heterocycles. The monoisotopic (exact) mass is 326 g/mol. The van der Waals surface area contributed by atoms with Crippen LogP contribution in [0.25, 0.3) is 6.08 Å². The van der Waals surface area contributed by atoms with Gasteiger partial charge in [0.2, 0.25) is 11.9 Å². The molecule has 0 fully saturated rings. The molecule has 0 radical (unpaired) electrons. The van der Waals surface area contributed by atoms with E-state index in [1.807, 2.05) is 6.07 Å². The maximum Gasteiger partial charge on any atom is 0.259 e. The van der Waals surface area contributed by atoms with Crippen LogP contribution in [0.1, 0.15) is 23.2 Å². The van der Waals surface area contributed by atoms with Crippen LogP contribution in [0.2, 0.25) is 0 Å². The van der Waals surface area contributed by atoms with Gasteiger partial charge in [-0.3, -0.25) is 14.6 Å². The van der Waals surface area contributed by atoms with Gasteiger partial charge in [0.1, 0.15) is 6.29 Å². The predicted octanol–water partition coefficient (Wildman–Crippen LogP) is 1.44. The first-order valence-corrected chi connectivity index (χ1v) is 7.37. The fraction of sp³-hybridized carbons (Fsp3) is 0.176. The number of rotatable bonds is 6. The standard InChI is InChI=1S/C17H18N4O3/c1-11-14(16(24)21-17(18)19-11)7-8-15(23)20-13-6-2-4-12(10-13)5-3-9-22/h2,4,6-10H,3,5H2,1H3,(H,20,23)(H3,18,19,21,24)/b8-7+. The Morgan fingerprint density at radius 1 is 1.42 bits per heavy atom. The molecular formula is C17H18N4O3. The van der Waals surface area contributed by atoms with Crippen molar-refractivity contribution >= 4 is 29.9 Å². The molecule has 0 aliphatic carbocycles. The highest BCUT2D eigenvalue weighted by Gasteiger charge is 2.05. The maximum absolute atomic E-state index is 12.0. The minimum Gasteiger partial charge on any atom is -0.369 e. The zero-order valence-corrected chi connectivity index (χ0v) is 13.2. The van der Waals surface area contributed by atoms with Crippen LogP contribution in [-0.4, -0.2) is 22.2 Å². The number of aryl methyl sites for hydroxylation is 2. The number of anilines is 2. The third-order valence-electron chi connectivity index (χ3n) is 3.31. The van der Waals surface area contributed by atoms with Crippen molar-refractivity contribution in [2.75, 3.05) is 11.1 Å². The van der Waals surface area contributed by atoms with E-state index in [4.69, 9.17) is 5.73 Å². The van der Waals surface area contributed by atoms with Gasteiger partial charge in [0.15, 0.2) is 0 Å². The number of hydrogen-bond donors (Lipinski definition) is 3. The molecule has 124 valence electrons. The topological polar surface area (TPSA) is 118 Å². The van der Waals surface area contributed by atoms with Crippen LogP contribution >= 0.6 is 0 Å². The molecule has 2 aromatic rings. The molecule has 1 aromatic carbocycles. The molecule has 0 unspecified atom stereocenters. The van der Waals surface area contributed by atoms with Gasteiger partial charge in [-0.1, -0.05) is 12.1 Å². The van der Waals surface area contributed by atoms with Gasteiger partial charge in [-0.05, 0) is 37.1 Å². The van der Waals surface area contributed by atoms with Crippen LogP contribution in [-0.2, 0) is 16.0 Å². The lowest BCUT2D eigenvalue weighted by Crippen LogP contribution is -2.16. The van der Waals surface area contributed by atoms with Crippen LogP contribution in [0.4, 0.5) is 11.6 Å². The van der Waals surface area contributed by atoms with E-state index in [0.29, 0.717) is 24.2 Å². The van der Waals surface area contributed by atoms with E-state index in [2.05, 4.69) is 15.3 Å². The first-order chi connectivity index (χ1) is 11.5. The summed E-state index contributed by atoms with van der Waals surface area (Å²) in [4.78, 5) is 40.5. The zero-order valence-electron chi connectivity index (χ0n) is 13.2. The van der Waals surface area contributed by atoms with Gasteiger partial charge in [-0.2, -0.15) is 0 Å². The SMILES string of the molecule is Cc1nc(N)[nH]c(=O)c1/C=C/C(=O)Nc1cccc(CCC=O)c1. The van der Waals surface area contributed by atoms with E-state index in [-0.39, 0.29) is 17.4 Å². The third kappa shape index (κ3) is 4.64. The summed E-state index contributed by atoms with van der Waals surface area (Å²) in [5.74, 6) is -0.343. The number of hydrogen-bond acceptors (Lipinski definition) is 5. The summed E-state index contributed by atoms with van der Waals surface area (Å²) in [7, 11) is 0. The van der Waals surface area contributed by atoms with Gasteiger partial charge in [-0.25, -0.2) is 4.98 Å². The summed E-state index contributed by atoms with van der Waals surface area (Å²) < 4.78 is 0. The highest BCUT2D eigenvalue weighted by molar-refractivity contribution is 6.02. The van der Waals surface area contributed by atoms with Crippen LogP contribution in [0.3, 0.4) is 0 Å². The summed E-state index contributed by atoms with van der Waals surface area (Å²) in [6, 6.07) is 7.24. The summed E-state index contributed by atoms with van der Waals surface area (Å²) >= 11 is 0. The van der Waals surface area contributed by atoms with Crippen molar-refractivity contribution in [1.82, 2.24) is 9.97 Å². The predicted molar refractivity (Wildman–Crippen MR) is 92.5 cm³/mol. The molecule has 1 heterocycles. The fourth-order valence-corrected chi connectivity index (χ4v) is 2.19. The zero-order chi connectivity index (χ0) is 17.5. The number of nitrogens with zero attached hydrogens (tertiary/aromatic N) is 1. The number of carbonyl (C=O) groups is 2. The molecule has 0 saturated heterocycles. The van der Waals surface area contributed by atoms with Gasteiger partial charge in [0.05, 0.1) is 11.3 Å². The molecule has 0 atom stereocenters. The highest BCUT2D eigenvalue weighted by atomic mass is 16.1. The number of aldehydes is 1. The largest absolute Gasteiger partial charge is 0.369 e. The second-order valence-corrected chi connectivity index (χ2v) is 5.18. The molecule has 0 bridgehead atoms. The Hall–Kier alpha value is -3.22. The number of aromatic amines is 1. The summed E-state index contributed by atoms with van der Waals surface area (Å²) in [6.45, 7) is 1.64. The van der Waals surface area contributed by atoms with E-state index in [1.165, 1.54) is 12.2 Å². The fourth-order valence-electron chi connectivity index (χ4n) is 2.19.